The number of rotatable bonds is 38. The van der Waals surface area contributed by atoms with Gasteiger partial charge in [-0.15, -0.1) is 0 Å². The summed E-state index contributed by atoms with van der Waals surface area (Å²) in [5.74, 6) is 24.6. The number of ether oxygens (including phenoxy) is 2. The second-order valence-electron chi connectivity index (χ2n) is 16.7. The van der Waals surface area contributed by atoms with Gasteiger partial charge >= 0.3 is 11.9 Å². The first-order chi connectivity index (χ1) is 27.9. The molecule has 0 aliphatic heterocycles. The van der Waals surface area contributed by atoms with E-state index < -0.39 is 0 Å². The van der Waals surface area contributed by atoms with Gasteiger partial charge in [-0.3, -0.25) is 9.59 Å². The van der Waals surface area contributed by atoms with Gasteiger partial charge in [0.2, 0.25) is 0 Å². The van der Waals surface area contributed by atoms with Crippen LogP contribution in [0.25, 0.3) is 0 Å². The third-order valence-electron chi connectivity index (χ3n) is 10.6. The zero-order valence-corrected chi connectivity index (χ0v) is 39.1. The fourth-order valence-electron chi connectivity index (χ4n) is 6.57. The predicted octanol–water partition coefficient (Wildman–Crippen LogP) is 10.5. The Hall–Kier alpha value is -2.57. The number of quaternary nitrogens is 1. The Labute approximate surface area is 366 Å². The Bertz CT molecular complexity index is 1110. The van der Waals surface area contributed by atoms with E-state index >= 15 is 0 Å². The molecule has 0 bridgehead atoms. The molecule has 0 radical (unpaired) electrons. The van der Waals surface area contributed by atoms with Gasteiger partial charge in [0.1, 0.15) is 26.3 Å². The summed E-state index contributed by atoms with van der Waals surface area (Å²) in [4.78, 5) is 24.4. The summed E-state index contributed by atoms with van der Waals surface area (Å²) < 4.78 is 11.6. The quantitative estimate of drug-likeness (QED) is 0.0269. The first-order valence-electron chi connectivity index (χ1n) is 24.0. The molecule has 0 saturated heterocycles. The number of carbonyl (C=O) groups is 2. The van der Waals surface area contributed by atoms with Crippen molar-refractivity contribution in [3.8, 4) is 47.4 Å². The number of hydrogen-bond donors (Lipinski definition) is 0. The van der Waals surface area contributed by atoms with Crippen molar-refractivity contribution in [2.75, 3.05) is 40.4 Å². The third kappa shape index (κ3) is 47.8. The van der Waals surface area contributed by atoms with Crippen LogP contribution in [0, 0.1) is 47.4 Å². The van der Waals surface area contributed by atoms with Crippen LogP contribution in [0.2, 0.25) is 0 Å². The molecule has 0 aromatic rings. The van der Waals surface area contributed by atoms with Crippen LogP contribution in [0.3, 0.4) is 0 Å². The summed E-state index contributed by atoms with van der Waals surface area (Å²) >= 11 is 0. The number of carbonyl (C=O) groups excluding carboxylic acids is 2. The molecule has 0 heterocycles. The molecule has 0 atom stereocenters. The van der Waals surface area contributed by atoms with Crippen molar-refractivity contribution in [1.29, 1.82) is 0 Å². The van der Waals surface area contributed by atoms with Gasteiger partial charge in [0, 0.05) is 38.5 Å². The Morgan fingerprint density at radius 3 is 0.897 bits per heavy atom. The minimum Gasteiger partial charge on any atom is -1.00 e. The molecule has 0 aliphatic carbocycles. The summed E-state index contributed by atoms with van der Waals surface area (Å²) in [5, 5.41) is 0. The van der Waals surface area contributed by atoms with Crippen LogP contribution < -0.4 is 12.4 Å². The van der Waals surface area contributed by atoms with E-state index in [0.29, 0.717) is 43.6 Å². The molecule has 0 rings (SSSR count). The van der Waals surface area contributed by atoms with Crippen molar-refractivity contribution in [2.45, 2.75) is 232 Å². The molecule has 0 aliphatic rings. The van der Waals surface area contributed by atoms with Gasteiger partial charge < -0.3 is 26.4 Å². The molecule has 0 N–H and O–H groups in total. The minimum atomic E-state index is -0.112. The van der Waals surface area contributed by atoms with Crippen LogP contribution in [0.1, 0.15) is 232 Å². The smallest absolute Gasteiger partial charge is 0.305 e. The van der Waals surface area contributed by atoms with Crippen molar-refractivity contribution >= 4 is 11.9 Å². The van der Waals surface area contributed by atoms with Crippen LogP contribution >= 0.6 is 0 Å². The summed E-state index contributed by atoms with van der Waals surface area (Å²) in [6.45, 7) is 6.72. The molecule has 0 spiro atoms. The fourth-order valence-corrected chi connectivity index (χ4v) is 6.57. The van der Waals surface area contributed by atoms with E-state index in [9.17, 15) is 9.59 Å². The minimum absolute atomic E-state index is 0. The van der Waals surface area contributed by atoms with Crippen molar-refractivity contribution in [3.05, 3.63) is 0 Å². The van der Waals surface area contributed by atoms with E-state index in [-0.39, 0.29) is 24.3 Å². The lowest BCUT2D eigenvalue weighted by Crippen LogP contribution is -3.00. The van der Waals surface area contributed by atoms with Gasteiger partial charge in [-0.05, 0) is 62.2 Å². The van der Waals surface area contributed by atoms with Crippen LogP contribution in [0.4, 0.5) is 0 Å². The Morgan fingerprint density at radius 2 is 0.621 bits per heavy atom. The van der Waals surface area contributed by atoms with E-state index in [1.165, 1.54) is 128 Å². The lowest BCUT2D eigenvalue weighted by atomic mass is 10.1. The van der Waals surface area contributed by atoms with E-state index in [1.54, 1.807) is 0 Å². The number of halogens is 1. The fraction of sp³-hybridized carbons (Fsp3) is 0.808. The lowest BCUT2D eigenvalue weighted by Gasteiger charge is -2.29. The summed E-state index contributed by atoms with van der Waals surface area (Å²) in [5.41, 5.74) is 0. The Balaban J connectivity index is 0. The van der Waals surface area contributed by atoms with E-state index in [2.05, 4.69) is 75.3 Å². The highest BCUT2D eigenvalue weighted by Gasteiger charge is 2.17. The van der Waals surface area contributed by atoms with Crippen LogP contribution in [-0.2, 0) is 19.1 Å². The molecule has 0 amide bonds. The highest BCUT2D eigenvalue weighted by atomic mass is 35.5. The van der Waals surface area contributed by atoms with Gasteiger partial charge in [-0.2, -0.15) is 0 Å². The zero-order valence-electron chi connectivity index (χ0n) is 38.3. The number of hydrogen-bond acceptors (Lipinski definition) is 4. The van der Waals surface area contributed by atoms with Gasteiger partial charge in [-0.25, -0.2) is 0 Å². The largest absolute Gasteiger partial charge is 1.00 e. The zero-order chi connectivity index (χ0) is 41.6. The molecule has 0 saturated carbocycles. The third-order valence-corrected chi connectivity index (χ3v) is 10.6. The standard InChI is InChI=1S/C52H88NO4.ClH/c1-5-7-9-11-13-15-17-19-21-23-25-27-29-31-33-35-37-39-41-43-45-51(54)56-49-47-53(3,4)48-50-57-52(55)46-44-42-40-38-36-34-32-30-28-26-24-22-20-18-16-14-12-10-8-6-2;/h5-22,31-50H2,1-4H3;1H/q+1;/p-1. The molecule has 0 aromatic carbocycles. The van der Waals surface area contributed by atoms with Crippen molar-refractivity contribution < 1.29 is 36.0 Å². The average molecular weight is 827 g/mol. The molecule has 332 valence electrons. The second-order valence-corrected chi connectivity index (χ2v) is 16.7. The normalized spacial score (nSPS) is 10.4. The average Bonchev–Trinajstić information content (AvgIpc) is 3.19. The summed E-state index contributed by atoms with van der Waals surface area (Å²) in [6.07, 6.45) is 39.3. The van der Waals surface area contributed by atoms with Gasteiger partial charge in [0.25, 0.3) is 0 Å². The summed E-state index contributed by atoms with van der Waals surface area (Å²) in [6, 6.07) is 0. The Kier molecular flexibility index (Phi) is 46.7. The van der Waals surface area contributed by atoms with E-state index in [1.807, 2.05) is 0 Å². The molecule has 5 nitrogen and oxygen atoms in total. The van der Waals surface area contributed by atoms with Crippen molar-refractivity contribution in [3.63, 3.8) is 0 Å². The van der Waals surface area contributed by atoms with Crippen LogP contribution in [-0.4, -0.2) is 56.8 Å². The molecular formula is C52H88ClNO4. The number of unbranched alkanes of at least 4 members (excludes halogenated alkanes) is 28. The van der Waals surface area contributed by atoms with E-state index in [0.717, 1.165) is 77.0 Å². The number of nitrogens with zero attached hydrogens (tertiary/aromatic N) is 1. The Morgan fingerprint density at radius 1 is 0.379 bits per heavy atom. The highest BCUT2D eigenvalue weighted by molar-refractivity contribution is 5.69. The SMILES string of the molecule is CCCCCCCCCCC#CC#CCCCCCCCCC(=O)OCC[N+](C)(C)CCOC(=O)CCCCCCCCC#CC#CCCCCCCCCCC.[Cl-]. The van der Waals surface area contributed by atoms with Crippen molar-refractivity contribution in [1.82, 2.24) is 0 Å². The molecule has 0 fully saturated rings. The highest BCUT2D eigenvalue weighted by Crippen LogP contribution is 2.12. The monoisotopic (exact) mass is 826 g/mol. The van der Waals surface area contributed by atoms with Gasteiger partial charge in [0.05, 0.1) is 14.1 Å². The molecular weight excluding hydrogens is 738 g/mol. The van der Waals surface area contributed by atoms with Crippen LogP contribution in [0.5, 0.6) is 0 Å². The van der Waals surface area contributed by atoms with Gasteiger partial charge in [-0.1, -0.05) is 179 Å². The maximum atomic E-state index is 12.2. The van der Waals surface area contributed by atoms with Gasteiger partial charge in [0.15, 0.2) is 0 Å². The lowest BCUT2D eigenvalue weighted by molar-refractivity contribution is -0.890. The van der Waals surface area contributed by atoms with E-state index in [4.69, 9.17) is 9.47 Å². The molecule has 0 aromatic heterocycles. The topological polar surface area (TPSA) is 52.6 Å². The number of likely N-dealkylation sites (N-methyl/N-ethyl adjacent to an activating group) is 1. The molecule has 6 heteroatoms. The molecule has 0 unspecified atom stereocenters. The second kappa shape index (κ2) is 47.1. The van der Waals surface area contributed by atoms with Crippen LogP contribution in [0.15, 0.2) is 0 Å². The molecule has 58 heavy (non-hydrogen) atoms. The first kappa shape index (κ1) is 57.5. The van der Waals surface area contributed by atoms with Crippen molar-refractivity contribution in [2.24, 2.45) is 0 Å². The summed E-state index contributed by atoms with van der Waals surface area (Å²) in [7, 11) is 4.16. The predicted molar refractivity (Wildman–Crippen MR) is 243 cm³/mol. The maximum absolute atomic E-state index is 12.2. The maximum Gasteiger partial charge on any atom is 0.305 e. The number of esters is 2. The first-order valence-corrected chi connectivity index (χ1v) is 24.0.